The molecule has 3 atom stereocenters. The van der Waals surface area contributed by atoms with E-state index in [1.54, 1.807) is 6.08 Å². The van der Waals surface area contributed by atoms with Gasteiger partial charge in [0.05, 0.1) is 12.7 Å². The summed E-state index contributed by atoms with van der Waals surface area (Å²) in [5.41, 5.74) is 3.74. The molecule has 1 aliphatic rings. The van der Waals surface area contributed by atoms with Crippen LogP contribution >= 0.6 is 0 Å². The molecule has 1 fully saturated rings. The van der Waals surface area contributed by atoms with Crippen LogP contribution in [0.3, 0.4) is 0 Å². The Bertz CT molecular complexity index is 530. The van der Waals surface area contributed by atoms with Gasteiger partial charge in [-0.05, 0) is 12.5 Å². The average molecular weight is 267 g/mol. The minimum Gasteiger partial charge on any atom is -0.393 e. The molecule has 2 rings (SSSR count). The van der Waals surface area contributed by atoms with Crippen LogP contribution in [0.1, 0.15) is 19.1 Å². The molecule has 19 heavy (non-hydrogen) atoms. The van der Waals surface area contributed by atoms with E-state index in [4.69, 9.17) is 10.5 Å². The predicted octanol–water partition coefficient (Wildman–Crippen LogP) is -0.588. The fourth-order valence-corrected chi connectivity index (χ4v) is 2.25. The van der Waals surface area contributed by atoms with Gasteiger partial charge in [0.2, 0.25) is 0 Å². The first kappa shape index (κ1) is 13.7. The smallest absolute Gasteiger partial charge is 0.351 e. The quantitative estimate of drug-likeness (QED) is 0.629. The van der Waals surface area contributed by atoms with E-state index in [1.807, 2.05) is 0 Å². The van der Waals surface area contributed by atoms with Gasteiger partial charge in [-0.2, -0.15) is 4.98 Å². The predicted molar refractivity (Wildman–Crippen MR) is 68.3 cm³/mol. The van der Waals surface area contributed by atoms with Crippen molar-refractivity contribution in [3.05, 3.63) is 35.4 Å². The lowest BCUT2D eigenvalue weighted by Gasteiger charge is -2.28. The van der Waals surface area contributed by atoms with Crippen LogP contribution in [0, 0.1) is 0 Å². The minimum absolute atomic E-state index is 0.124. The number of rotatable bonds is 4. The van der Waals surface area contributed by atoms with E-state index in [1.165, 1.54) is 16.8 Å². The van der Waals surface area contributed by atoms with Crippen LogP contribution in [0.2, 0.25) is 0 Å². The second-order valence-corrected chi connectivity index (χ2v) is 4.58. The Labute approximate surface area is 110 Å². The first-order valence-corrected chi connectivity index (χ1v) is 5.95. The Balaban J connectivity index is 2.29. The molecule has 1 aromatic heterocycles. The van der Waals surface area contributed by atoms with Crippen LogP contribution in [-0.2, 0) is 4.74 Å². The van der Waals surface area contributed by atoms with Gasteiger partial charge in [0, 0.05) is 12.6 Å². The van der Waals surface area contributed by atoms with E-state index in [2.05, 4.69) is 11.6 Å². The molecular weight excluding hydrogens is 250 g/mol. The number of aliphatic hydroxyl groups excluding tert-OH is 2. The third kappa shape index (κ3) is 2.40. The van der Waals surface area contributed by atoms with Crippen LogP contribution in [-0.4, -0.2) is 38.1 Å². The van der Waals surface area contributed by atoms with Crippen molar-refractivity contribution in [2.24, 2.45) is 0 Å². The molecule has 0 radical (unpaired) electrons. The molecular formula is C12H17N3O4. The molecule has 104 valence electrons. The molecule has 0 saturated carbocycles. The summed E-state index contributed by atoms with van der Waals surface area (Å²) in [6.07, 6.45) is 1.95. The number of nitrogen functional groups attached to an aromatic ring is 1. The molecule has 1 saturated heterocycles. The van der Waals surface area contributed by atoms with Gasteiger partial charge in [-0.25, -0.2) is 4.79 Å². The summed E-state index contributed by atoms with van der Waals surface area (Å²) >= 11 is 0. The summed E-state index contributed by atoms with van der Waals surface area (Å²) in [4.78, 5) is 15.3. The zero-order valence-electron chi connectivity index (χ0n) is 10.4. The highest BCUT2D eigenvalue weighted by molar-refractivity contribution is 5.23. The van der Waals surface area contributed by atoms with E-state index in [9.17, 15) is 15.0 Å². The van der Waals surface area contributed by atoms with Crippen molar-refractivity contribution in [2.75, 3.05) is 12.3 Å². The zero-order valence-corrected chi connectivity index (χ0v) is 10.4. The molecule has 4 N–H and O–H groups in total. The summed E-state index contributed by atoms with van der Waals surface area (Å²) < 4.78 is 6.92. The van der Waals surface area contributed by atoms with Crippen LogP contribution in [0.25, 0.3) is 0 Å². The Kier molecular flexibility index (Phi) is 3.70. The fraction of sp³-hybridized carbons (Fsp3) is 0.500. The Hall–Kier alpha value is -1.70. The fourth-order valence-electron chi connectivity index (χ4n) is 2.25. The highest BCUT2D eigenvalue weighted by Crippen LogP contribution is 2.38. The standard InChI is InChI=1S/C12H17N3O4/c1-2-4-12(7-16)8(17)6-10(19-12)15-5-3-9(13)14-11(15)18/h2-3,5,8,10,16-17H,1,4,6-7H2,(H2,13,14,18)/t8-,10+,12+/m0/s1. The molecule has 0 unspecified atom stereocenters. The highest BCUT2D eigenvalue weighted by Gasteiger charge is 2.47. The first-order chi connectivity index (χ1) is 9.02. The number of aromatic nitrogens is 2. The SMILES string of the molecule is C=CC[C@]1(CO)O[C@@H](n2ccc(N)nc2=O)C[C@@H]1O. The lowest BCUT2D eigenvalue weighted by atomic mass is 9.94. The van der Waals surface area contributed by atoms with Crippen molar-refractivity contribution in [1.82, 2.24) is 9.55 Å². The second-order valence-electron chi connectivity index (χ2n) is 4.58. The minimum atomic E-state index is -1.12. The summed E-state index contributed by atoms with van der Waals surface area (Å²) in [6, 6.07) is 1.48. The molecule has 0 bridgehead atoms. The summed E-state index contributed by atoms with van der Waals surface area (Å²) in [6.45, 7) is 3.23. The lowest BCUT2D eigenvalue weighted by Crippen LogP contribution is -2.42. The Morgan fingerprint density at radius 1 is 1.74 bits per heavy atom. The summed E-state index contributed by atoms with van der Waals surface area (Å²) in [5.74, 6) is 0.124. The van der Waals surface area contributed by atoms with Crippen LogP contribution in [0.15, 0.2) is 29.7 Å². The molecule has 0 spiro atoms. The van der Waals surface area contributed by atoms with Crippen LogP contribution in [0.4, 0.5) is 5.82 Å². The second kappa shape index (κ2) is 5.12. The average Bonchev–Trinajstić information content (AvgIpc) is 2.67. The molecule has 7 heteroatoms. The van der Waals surface area contributed by atoms with E-state index < -0.39 is 23.6 Å². The Morgan fingerprint density at radius 3 is 3.05 bits per heavy atom. The topological polar surface area (TPSA) is 111 Å². The van der Waals surface area contributed by atoms with Crippen LogP contribution < -0.4 is 11.4 Å². The third-order valence-corrected chi connectivity index (χ3v) is 3.32. The molecule has 0 aliphatic carbocycles. The highest BCUT2D eigenvalue weighted by atomic mass is 16.6. The van der Waals surface area contributed by atoms with Crippen molar-refractivity contribution in [2.45, 2.75) is 30.8 Å². The largest absolute Gasteiger partial charge is 0.393 e. The molecule has 0 aromatic carbocycles. The van der Waals surface area contributed by atoms with Crippen molar-refractivity contribution in [3.63, 3.8) is 0 Å². The first-order valence-electron chi connectivity index (χ1n) is 5.95. The van der Waals surface area contributed by atoms with Gasteiger partial charge in [-0.1, -0.05) is 6.08 Å². The van der Waals surface area contributed by atoms with E-state index >= 15 is 0 Å². The molecule has 0 amide bonds. The number of ether oxygens (including phenoxy) is 1. The van der Waals surface area contributed by atoms with Crippen LogP contribution in [0.5, 0.6) is 0 Å². The number of hydrogen-bond donors (Lipinski definition) is 3. The van der Waals surface area contributed by atoms with Gasteiger partial charge < -0.3 is 20.7 Å². The van der Waals surface area contributed by atoms with Gasteiger partial charge in [-0.3, -0.25) is 4.57 Å². The maximum Gasteiger partial charge on any atom is 0.351 e. The van der Waals surface area contributed by atoms with Gasteiger partial charge in [0.15, 0.2) is 0 Å². The molecule has 1 aromatic rings. The lowest BCUT2D eigenvalue weighted by molar-refractivity contribution is -0.126. The maximum absolute atomic E-state index is 11.7. The van der Waals surface area contributed by atoms with Crippen molar-refractivity contribution < 1.29 is 14.9 Å². The van der Waals surface area contributed by atoms with Gasteiger partial charge in [0.25, 0.3) is 0 Å². The number of aliphatic hydroxyl groups is 2. The monoisotopic (exact) mass is 267 g/mol. The molecule has 7 nitrogen and oxygen atoms in total. The molecule has 1 aliphatic heterocycles. The summed E-state index contributed by atoms with van der Waals surface area (Å²) in [5, 5.41) is 19.5. The normalized spacial score (nSPS) is 30.4. The number of nitrogens with two attached hydrogens (primary N) is 1. The van der Waals surface area contributed by atoms with E-state index in [0.29, 0.717) is 0 Å². The maximum atomic E-state index is 11.7. The third-order valence-electron chi connectivity index (χ3n) is 3.32. The number of hydrogen-bond acceptors (Lipinski definition) is 6. The van der Waals surface area contributed by atoms with E-state index in [-0.39, 0.29) is 25.3 Å². The Morgan fingerprint density at radius 2 is 2.47 bits per heavy atom. The van der Waals surface area contributed by atoms with Crippen molar-refractivity contribution in [3.8, 4) is 0 Å². The van der Waals surface area contributed by atoms with Gasteiger partial charge >= 0.3 is 5.69 Å². The molecule has 2 heterocycles. The van der Waals surface area contributed by atoms with E-state index in [0.717, 1.165) is 0 Å². The van der Waals surface area contributed by atoms with Gasteiger partial charge in [-0.15, -0.1) is 6.58 Å². The zero-order chi connectivity index (χ0) is 14.0. The van der Waals surface area contributed by atoms with Crippen molar-refractivity contribution in [1.29, 1.82) is 0 Å². The van der Waals surface area contributed by atoms with Crippen molar-refractivity contribution >= 4 is 5.82 Å². The number of nitrogens with zero attached hydrogens (tertiary/aromatic N) is 2. The van der Waals surface area contributed by atoms with Gasteiger partial charge in [0.1, 0.15) is 17.6 Å². The number of anilines is 1. The summed E-state index contributed by atoms with van der Waals surface area (Å²) in [7, 11) is 0.